The molecule has 0 atom stereocenters. The molecule has 0 spiro atoms. The van der Waals surface area contributed by atoms with Gasteiger partial charge < -0.3 is 4.74 Å². The molecule has 0 N–H and O–H groups in total. The van der Waals surface area contributed by atoms with Crippen molar-refractivity contribution in [2.75, 3.05) is 6.61 Å². The Labute approximate surface area is 150 Å². The van der Waals surface area contributed by atoms with Gasteiger partial charge in [-0.05, 0) is 82.5 Å². The maximum atomic E-state index is 6.04. The number of allylic oxidation sites excluding steroid dienone is 3. The molecule has 0 unspecified atom stereocenters. The molecular weight excluding hydrogens is 292 g/mol. The molecule has 2 rings (SSSR count). The van der Waals surface area contributed by atoms with Crippen LogP contribution in [-0.2, 0) is 4.74 Å². The van der Waals surface area contributed by atoms with E-state index < -0.39 is 0 Å². The van der Waals surface area contributed by atoms with Crippen molar-refractivity contribution in [2.24, 2.45) is 17.8 Å². The van der Waals surface area contributed by atoms with Gasteiger partial charge in [-0.1, -0.05) is 50.5 Å². The minimum Gasteiger partial charge on any atom is -0.374 e. The van der Waals surface area contributed by atoms with Crippen molar-refractivity contribution >= 4 is 0 Å². The third-order valence-corrected chi connectivity index (χ3v) is 6.30. The number of unbranched alkanes of at least 4 members (excludes halogenated alkanes) is 1. The molecule has 24 heavy (non-hydrogen) atoms. The van der Waals surface area contributed by atoms with Crippen LogP contribution in [0.1, 0.15) is 90.9 Å². The molecule has 138 valence electrons. The first kappa shape index (κ1) is 19.8. The topological polar surface area (TPSA) is 9.23 Å². The maximum Gasteiger partial charge on any atom is 0.0651 e. The van der Waals surface area contributed by atoms with Crippen LogP contribution in [0.5, 0.6) is 0 Å². The largest absolute Gasteiger partial charge is 0.374 e. The molecule has 0 aromatic rings. The predicted molar refractivity (Wildman–Crippen MR) is 105 cm³/mol. The summed E-state index contributed by atoms with van der Waals surface area (Å²) in [5.74, 6) is 3.03. The molecule has 2 fully saturated rings. The van der Waals surface area contributed by atoms with Crippen molar-refractivity contribution in [3.05, 3.63) is 24.3 Å². The summed E-state index contributed by atoms with van der Waals surface area (Å²) in [5, 5.41) is 0. The lowest BCUT2D eigenvalue weighted by Crippen LogP contribution is -2.28. The smallest absolute Gasteiger partial charge is 0.0651 e. The lowest BCUT2D eigenvalue weighted by Gasteiger charge is -2.37. The van der Waals surface area contributed by atoms with E-state index in [2.05, 4.69) is 38.2 Å². The summed E-state index contributed by atoms with van der Waals surface area (Å²) in [5.41, 5.74) is 0. The molecule has 0 heterocycles. The lowest BCUT2D eigenvalue weighted by molar-refractivity contribution is 0.0210. The van der Waals surface area contributed by atoms with Crippen LogP contribution < -0.4 is 0 Å². The Morgan fingerprint density at radius 3 is 2.08 bits per heavy atom. The fraction of sp³-hybridized carbons (Fsp3) is 0.826. The first-order chi connectivity index (χ1) is 11.8. The fourth-order valence-electron chi connectivity index (χ4n) is 4.72. The first-order valence-corrected chi connectivity index (χ1v) is 10.7. The van der Waals surface area contributed by atoms with E-state index in [0.717, 1.165) is 24.4 Å². The molecule has 0 aliphatic heterocycles. The van der Waals surface area contributed by atoms with Crippen LogP contribution in [0.2, 0.25) is 0 Å². The Balaban J connectivity index is 1.58. The third kappa shape index (κ3) is 7.13. The van der Waals surface area contributed by atoms with Gasteiger partial charge in [0.05, 0.1) is 12.7 Å². The van der Waals surface area contributed by atoms with Crippen LogP contribution in [0.15, 0.2) is 24.3 Å². The van der Waals surface area contributed by atoms with E-state index in [9.17, 15) is 0 Å². The molecule has 0 saturated heterocycles. The average Bonchev–Trinajstić information content (AvgIpc) is 2.63. The van der Waals surface area contributed by atoms with Crippen molar-refractivity contribution in [3.8, 4) is 0 Å². The van der Waals surface area contributed by atoms with Crippen LogP contribution >= 0.6 is 0 Å². The van der Waals surface area contributed by atoms with E-state index in [1.165, 1.54) is 77.0 Å². The van der Waals surface area contributed by atoms with Crippen LogP contribution in [-0.4, -0.2) is 12.7 Å². The van der Waals surface area contributed by atoms with Crippen LogP contribution in [0.4, 0.5) is 0 Å². The monoisotopic (exact) mass is 332 g/mol. The van der Waals surface area contributed by atoms with E-state index in [0.29, 0.717) is 6.10 Å². The molecule has 2 aliphatic carbocycles. The van der Waals surface area contributed by atoms with Gasteiger partial charge in [-0.15, -0.1) is 0 Å². The lowest BCUT2D eigenvalue weighted by atomic mass is 9.70. The van der Waals surface area contributed by atoms with Gasteiger partial charge in [0.1, 0.15) is 0 Å². The second kappa shape index (κ2) is 11.9. The predicted octanol–water partition coefficient (Wildman–Crippen LogP) is 7.08. The highest BCUT2D eigenvalue weighted by Gasteiger charge is 2.30. The Morgan fingerprint density at radius 1 is 0.792 bits per heavy atom. The molecule has 0 aromatic heterocycles. The molecule has 0 radical (unpaired) electrons. The van der Waals surface area contributed by atoms with Gasteiger partial charge >= 0.3 is 0 Å². The van der Waals surface area contributed by atoms with Crippen molar-refractivity contribution in [2.45, 2.75) is 97.0 Å². The summed E-state index contributed by atoms with van der Waals surface area (Å²) < 4.78 is 6.04. The summed E-state index contributed by atoms with van der Waals surface area (Å²) in [6.07, 6.45) is 26.1. The third-order valence-electron chi connectivity index (χ3n) is 6.30. The highest BCUT2D eigenvalue weighted by Crippen LogP contribution is 2.41. The molecule has 2 saturated carbocycles. The Kier molecular flexibility index (Phi) is 9.80. The summed E-state index contributed by atoms with van der Waals surface area (Å²) in [6.45, 7) is 5.19. The number of ether oxygens (including phenoxy) is 1. The zero-order valence-electron chi connectivity index (χ0n) is 16.2. The van der Waals surface area contributed by atoms with E-state index in [1.807, 2.05) is 0 Å². The summed E-state index contributed by atoms with van der Waals surface area (Å²) in [7, 11) is 0. The van der Waals surface area contributed by atoms with Crippen molar-refractivity contribution in [3.63, 3.8) is 0 Å². The summed E-state index contributed by atoms with van der Waals surface area (Å²) in [4.78, 5) is 0. The Morgan fingerprint density at radius 2 is 1.46 bits per heavy atom. The molecule has 1 nitrogen and oxygen atoms in total. The van der Waals surface area contributed by atoms with Crippen molar-refractivity contribution in [1.29, 1.82) is 0 Å². The SMILES string of the molecule is C/C=C/CCC1CCC(C2CCC(OC/C=C/CCC)CC2)CC1. The molecular formula is C23H40O. The molecule has 2 aliphatic rings. The van der Waals surface area contributed by atoms with Crippen molar-refractivity contribution in [1.82, 2.24) is 0 Å². The number of rotatable bonds is 9. The Bertz CT molecular complexity index is 354. The van der Waals surface area contributed by atoms with E-state index in [1.54, 1.807) is 0 Å². The zero-order chi connectivity index (χ0) is 17.0. The summed E-state index contributed by atoms with van der Waals surface area (Å²) in [6, 6.07) is 0. The highest BCUT2D eigenvalue weighted by atomic mass is 16.5. The van der Waals surface area contributed by atoms with Crippen molar-refractivity contribution < 1.29 is 4.74 Å². The first-order valence-electron chi connectivity index (χ1n) is 10.7. The normalized spacial score (nSPS) is 31.9. The van der Waals surface area contributed by atoms with E-state index in [-0.39, 0.29) is 0 Å². The molecule has 1 heteroatoms. The van der Waals surface area contributed by atoms with Gasteiger partial charge in [-0.2, -0.15) is 0 Å². The fourth-order valence-corrected chi connectivity index (χ4v) is 4.72. The second-order valence-electron chi connectivity index (χ2n) is 8.06. The summed E-state index contributed by atoms with van der Waals surface area (Å²) >= 11 is 0. The maximum absolute atomic E-state index is 6.04. The van der Waals surface area contributed by atoms with Gasteiger partial charge in [0.15, 0.2) is 0 Å². The second-order valence-corrected chi connectivity index (χ2v) is 8.06. The van der Waals surface area contributed by atoms with Gasteiger partial charge in [-0.25, -0.2) is 0 Å². The number of hydrogen-bond donors (Lipinski definition) is 0. The van der Waals surface area contributed by atoms with Crippen LogP contribution in [0.25, 0.3) is 0 Å². The quantitative estimate of drug-likeness (QED) is 0.410. The molecule has 0 amide bonds. The van der Waals surface area contributed by atoms with Crippen LogP contribution in [0, 0.1) is 17.8 Å². The Hall–Kier alpha value is -0.560. The zero-order valence-corrected chi connectivity index (χ0v) is 16.2. The number of hydrogen-bond acceptors (Lipinski definition) is 1. The van der Waals surface area contributed by atoms with Gasteiger partial charge in [0, 0.05) is 0 Å². The minimum atomic E-state index is 0.532. The standard InChI is InChI=1S/C23H40O/c1-3-5-7-9-19-24-23-17-15-22(16-18-23)21-13-11-20(12-14-21)10-8-6-4-2/h4,6-7,9,20-23H,3,5,8,10-19H2,1-2H3/b6-4+,9-7+. The molecule has 0 aromatic carbocycles. The van der Waals surface area contributed by atoms with E-state index in [4.69, 9.17) is 4.74 Å². The van der Waals surface area contributed by atoms with Gasteiger partial charge in [-0.3, -0.25) is 0 Å². The molecule has 0 bridgehead atoms. The van der Waals surface area contributed by atoms with Crippen LogP contribution in [0.3, 0.4) is 0 Å². The minimum absolute atomic E-state index is 0.532. The van der Waals surface area contributed by atoms with Gasteiger partial charge in [0.2, 0.25) is 0 Å². The average molecular weight is 333 g/mol. The van der Waals surface area contributed by atoms with E-state index >= 15 is 0 Å². The highest BCUT2D eigenvalue weighted by molar-refractivity contribution is 4.85. The van der Waals surface area contributed by atoms with Gasteiger partial charge in [0.25, 0.3) is 0 Å².